The molecule has 30 heavy (non-hydrogen) atoms. The Morgan fingerprint density at radius 1 is 1.03 bits per heavy atom. The summed E-state index contributed by atoms with van der Waals surface area (Å²) in [6.45, 7) is 4.85. The maximum Gasteiger partial charge on any atom is 0.355 e. The van der Waals surface area contributed by atoms with Crippen molar-refractivity contribution in [1.29, 1.82) is 0 Å². The molecule has 2 aromatic rings. The first-order valence-electron chi connectivity index (χ1n) is 9.66. The second kappa shape index (κ2) is 12.7. The molecule has 0 heterocycles. The first kappa shape index (κ1) is 25.2. The van der Waals surface area contributed by atoms with Gasteiger partial charge in [-0.3, -0.25) is 4.79 Å². The van der Waals surface area contributed by atoms with Gasteiger partial charge in [-0.1, -0.05) is 30.3 Å². The van der Waals surface area contributed by atoms with E-state index in [1.54, 1.807) is 30.3 Å². The Morgan fingerprint density at radius 2 is 1.67 bits per heavy atom. The number of hydrogen-bond donors (Lipinski definition) is 2. The van der Waals surface area contributed by atoms with Gasteiger partial charge >= 0.3 is 5.97 Å². The lowest BCUT2D eigenvalue weighted by molar-refractivity contribution is -0.858. The number of halogens is 1. The lowest BCUT2D eigenvalue weighted by Gasteiger charge is -2.12. The van der Waals surface area contributed by atoms with Crippen molar-refractivity contribution in [2.45, 2.75) is 20.0 Å². The van der Waals surface area contributed by atoms with Crippen molar-refractivity contribution in [3.8, 4) is 5.75 Å². The van der Waals surface area contributed by atoms with Crippen molar-refractivity contribution < 1.29 is 36.4 Å². The molecule has 0 aromatic heterocycles. The fourth-order valence-corrected chi connectivity index (χ4v) is 2.44. The molecule has 0 aliphatic carbocycles. The van der Waals surface area contributed by atoms with Crippen LogP contribution in [0.15, 0.2) is 60.3 Å². The minimum atomic E-state index is -0.571. The van der Waals surface area contributed by atoms with Crippen LogP contribution in [0.4, 0.5) is 0 Å². The first-order chi connectivity index (χ1) is 13.8. The van der Waals surface area contributed by atoms with Gasteiger partial charge < -0.3 is 32.1 Å². The number of likely N-dealkylation sites (N-methyl/N-ethyl adjacent to an activating group) is 1. The van der Waals surface area contributed by atoms with E-state index in [1.165, 1.54) is 0 Å². The molecular formula is C23H29ClN2O4. The Labute approximate surface area is 184 Å². The Hall–Kier alpha value is -2.83. The van der Waals surface area contributed by atoms with E-state index in [9.17, 15) is 9.59 Å². The topological polar surface area (TPSA) is 69.1 Å². The Balaban J connectivity index is 0.00000450. The summed E-state index contributed by atoms with van der Waals surface area (Å²) in [6, 6.07) is 16.0. The maximum atomic E-state index is 12.6. The zero-order valence-electron chi connectivity index (χ0n) is 17.8. The summed E-state index contributed by atoms with van der Waals surface area (Å²) in [5.74, 6) is -0.201. The fourth-order valence-electron chi connectivity index (χ4n) is 2.44. The zero-order valence-corrected chi connectivity index (χ0v) is 18.5. The van der Waals surface area contributed by atoms with Crippen molar-refractivity contribution in [2.75, 3.05) is 27.2 Å². The van der Waals surface area contributed by atoms with Crippen LogP contribution >= 0.6 is 0 Å². The third-order valence-corrected chi connectivity index (χ3v) is 3.90. The van der Waals surface area contributed by atoms with Crippen molar-refractivity contribution in [1.82, 2.24) is 5.32 Å². The molecule has 0 saturated heterocycles. The van der Waals surface area contributed by atoms with E-state index >= 15 is 0 Å². The third-order valence-electron chi connectivity index (χ3n) is 3.90. The highest BCUT2D eigenvalue weighted by Crippen LogP contribution is 2.16. The first-order valence-corrected chi connectivity index (χ1v) is 9.66. The SMILES string of the molecule is CC(C)Oc1ccc(C=C(NC(=O)c2ccccc2)C(=O)OCC[NH+](C)C)cc1.[Cl-]. The lowest BCUT2D eigenvalue weighted by Crippen LogP contribution is -3.06. The molecule has 1 amide bonds. The molecule has 0 atom stereocenters. The smallest absolute Gasteiger partial charge is 0.355 e. The average molecular weight is 433 g/mol. The summed E-state index contributed by atoms with van der Waals surface area (Å²) in [6.07, 6.45) is 1.68. The number of esters is 1. The molecule has 0 aliphatic rings. The van der Waals surface area contributed by atoms with Crippen molar-refractivity contribution >= 4 is 18.0 Å². The number of ether oxygens (including phenoxy) is 2. The summed E-state index contributed by atoms with van der Waals surface area (Å²) >= 11 is 0. The number of rotatable bonds is 9. The molecule has 0 radical (unpaired) electrons. The quantitative estimate of drug-likeness (QED) is 0.391. The van der Waals surface area contributed by atoms with Gasteiger partial charge in [-0.2, -0.15) is 0 Å². The van der Waals surface area contributed by atoms with E-state index in [0.29, 0.717) is 12.1 Å². The summed E-state index contributed by atoms with van der Waals surface area (Å²) in [5, 5.41) is 2.68. The molecule has 0 aliphatic heterocycles. The zero-order chi connectivity index (χ0) is 21.2. The third kappa shape index (κ3) is 8.68. The molecule has 0 saturated carbocycles. The molecule has 7 heteroatoms. The van der Waals surface area contributed by atoms with Crippen molar-refractivity contribution in [3.63, 3.8) is 0 Å². The number of benzene rings is 2. The van der Waals surface area contributed by atoms with Gasteiger partial charge in [-0.15, -0.1) is 0 Å². The standard InChI is InChI=1S/C23H28N2O4.ClH/c1-17(2)29-20-12-10-18(11-13-20)16-21(23(27)28-15-14-25(3)4)24-22(26)19-8-6-5-7-9-19;/h5-13,16-17H,14-15H2,1-4H3,(H,24,26);1H. The Bertz CT molecular complexity index is 834. The molecular weight excluding hydrogens is 404 g/mol. The van der Waals surface area contributed by atoms with Crippen LogP contribution < -0.4 is 27.4 Å². The largest absolute Gasteiger partial charge is 1.00 e. The van der Waals surface area contributed by atoms with E-state index < -0.39 is 5.97 Å². The summed E-state index contributed by atoms with van der Waals surface area (Å²) < 4.78 is 11.0. The highest BCUT2D eigenvalue weighted by Gasteiger charge is 2.16. The number of carbonyl (C=O) groups excluding carboxylic acids is 2. The van der Waals surface area contributed by atoms with Gasteiger partial charge in [0.05, 0.1) is 20.2 Å². The monoisotopic (exact) mass is 432 g/mol. The minimum Gasteiger partial charge on any atom is -1.00 e. The highest BCUT2D eigenvalue weighted by molar-refractivity contribution is 6.03. The van der Waals surface area contributed by atoms with Crippen LogP contribution in [0.2, 0.25) is 0 Å². The second-order valence-electron chi connectivity index (χ2n) is 7.21. The van der Waals surface area contributed by atoms with E-state index in [1.807, 2.05) is 58.3 Å². The van der Waals surface area contributed by atoms with Crippen LogP contribution in [0, 0.1) is 0 Å². The van der Waals surface area contributed by atoms with Crippen LogP contribution in [-0.4, -0.2) is 45.2 Å². The highest BCUT2D eigenvalue weighted by atomic mass is 35.5. The van der Waals surface area contributed by atoms with Gasteiger partial charge in [0.1, 0.15) is 24.6 Å². The summed E-state index contributed by atoms with van der Waals surface area (Å²) in [4.78, 5) is 26.3. The average Bonchev–Trinajstić information content (AvgIpc) is 2.68. The normalized spacial score (nSPS) is 11.1. The number of nitrogens with one attached hydrogen (secondary N) is 2. The predicted molar refractivity (Wildman–Crippen MR) is 113 cm³/mol. The number of carbonyl (C=O) groups is 2. The van der Waals surface area contributed by atoms with Crippen LogP contribution in [-0.2, 0) is 9.53 Å². The van der Waals surface area contributed by atoms with E-state index in [4.69, 9.17) is 9.47 Å². The predicted octanol–water partition coefficient (Wildman–Crippen LogP) is -1.06. The van der Waals surface area contributed by atoms with Gasteiger partial charge in [0, 0.05) is 5.56 Å². The fraction of sp³-hybridized carbons (Fsp3) is 0.304. The van der Waals surface area contributed by atoms with Gasteiger partial charge in [-0.25, -0.2) is 4.79 Å². The van der Waals surface area contributed by atoms with E-state index in [0.717, 1.165) is 16.2 Å². The van der Waals surface area contributed by atoms with Crippen LogP contribution in [0.1, 0.15) is 29.8 Å². The molecule has 2 aromatic carbocycles. The molecule has 0 spiro atoms. The molecule has 2 rings (SSSR count). The molecule has 162 valence electrons. The number of amides is 1. The van der Waals surface area contributed by atoms with Gasteiger partial charge in [0.2, 0.25) is 0 Å². The van der Waals surface area contributed by atoms with Crippen molar-refractivity contribution in [3.05, 3.63) is 71.4 Å². The molecule has 0 fully saturated rings. The van der Waals surface area contributed by atoms with E-state index in [-0.39, 0.29) is 36.7 Å². The molecule has 0 bridgehead atoms. The number of hydrogen-bond acceptors (Lipinski definition) is 4. The Morgan fingerprint density at radius 3 is 2.23 bits per heavy atom. The number of quaternary nitrogens is 1. The summed E-state index contributed by atoms with van der Waals surface area (Å²) in [7, 11) is 3.95. The molecule has 2 N–H and O–H groups in total. The van der Waals surface area contributed by atoms with Crippen LogP contribution in [0.25, 0.3) is 6.08 Å². The van der Waals surface area contributed by atoms with Gasteiger partial charge in [0.15, 0.2) is 0 Å². The van der Waals surface area contributed by atoms with Crippen molar-refractivity contribution in [2.24, 2.45) is 0 Å². The Kier molecular flexibility index (Phi) is 10.6. The van der Waals surface area contributed by atoms with Gasteiger partial charge in [0.25, 0.3) is 5.91 Å². The molecule has 0 unspecified atom stereocenters. The lowest BCUT2D eigenvalue weighted by atomic mass is 10.1. The maximum absolute atomic E-state index is 12.6. The summed E-state index contributed by atoms with van der Waals surface area (Å²) in [5.41, 5.74) is 1.30. The van der Waals surface area contributed by atoms with Crippen LogP contribution in [0.5, 0.6) is 5.75 Å². The molecule has 6 nitrogen and oxygen atoms in total. The van der Waals surface area contributed by atoms with Gasteiger partial charge in [-0.05, 0) is 49.8 Å². The van der Waals surface area contributed by atoms with E-state index in [2.05, 4.69) is 5.32 Å². The van der Waals surface area contributed by atoms with Crippen LogP contribution in [0.3, 0.4) is 0 Å². The second-order valence-corrected chi connectivity index (χ2v) is 7.21. The minimum absolute atomic E-state index is 0.